The SMILES string of the molecule is COc1c(Cl)cc(Cl)c(C2N=C(NC#N)Nc3nc(N)c(C#N)c(N)c32)c1F. The van der Waals surface area contributed by atoms with Crippen molar-refractivity contribution in [2.24, 2.45) is 4.99 Å². The minimum Gasteiger partial charge on any atom is -0.492 e. The Morgan fingerprint density at radius 1 is 1.29 bits per heavy atom. The molecule has 1 aliphatic heterocycles. The summed E-state index contributed by atoms with van der Waals surface area (Å²) in [4.78, 5) is 8.34. The number of nitriles is 2. The Hall–Kier alpha value is -3.47. The molecule has 1 aromatic carbocycles. The summed E-state index contributed by atoms with van der Waals surface area (Å²) in [5.74, 6) is -1.19. The predicted molar refractivity (Wildman–Crippen MR) is 102 cm³/mol. The molecule has 9 nitrogen and oxygen atoms in total. The zero-order valence-electron chi connectivity index (χ0n) is 14.1. The van der Waals surface area contributed by atoms with Gasteiger partial charge in [0.25, 0.3) is 0 Å². The minimum absolute atomic E-state index is 0.0385. The van der Waals surface area contributed by atoms with Crippen LogP contribution < -0.4 is 26.8 Å². The van der Waals surface area contributed by atoms with Crippen molar-refractivity contribution < 1.29 is 9.13 Å². The molecule has 0 spiro atoms. The molecule has 0 radical (unpaired) electrons. The molecule has 0 bridgehead atoms. The Balaban J connectivity index is 2.37. The zero-order valence-corrected chi connectivity index (χ0v) is 15.7. The number of halogens is 3. The maximum absolute atomic E-state index is 15.2. The molecule has 0 saturated carbocycles. The summed E-state index contributed by atoms with van der Waals surface area (Å²) in [7, 11) is 1.24. The summed E-state index contributed by atoms with van der Waals surface area (Å²) < 4.78 is 20.2. The molecule has 12 heteroatoms. The summed E-state index contributed by atoms with van der Waals surface area (Å²) in [5, 5.41) is 23.2. The van der Waals surface area contributed by atoms with Gasteiger partial charge in [0.2, 0.25) is 5.96 Å². The van der Waals surface area contributed by atoms with E-state index in [4.69, 9.17) is 44.7 Å². The van der Waals surface area contributed by atoms with Crippen LogP contribution >= 0.6 is 23.2 Å². The van der Waals surface area contributed by atoms with Crippen LogP contribution in [0.5, 0.6) is 5.75 Å². The van der Waals surface area contributed by atoms with Crippen LogP contribution in [-0.2, 0) is 0 Å². The predicted octanol–water partition coefficient (Wildman–Crippen LogP) is 2.51. The van der Waals surface area contributed by atoms with Gasteiger partial charge < -0.3 is 21.5 Å². The third-order valence-electron chi connectivity index (χ3n) is 4.00. The van der Waals surface area contributed by atoms with Crippen LogP contribution in [0.3, 0.4) is 0 Å². The number of fused-ring (bicyclic) bond motifs is 1. The monoisotopic (exact) mass is 420 g/mol. The van der Waals surface area contributed by atoms with E-state index in [2.05, 4.69) is 20.6 Å². The summed E-state index contributed by atoms with van der Waals surface area (Å²) in [6.45, 7) is 0. The molecule has 142 valence electrons. The van der Waals surface area contributed by atoms with E-state index in [1.807, 2.05) is 6.07 Å². The molecule has 1 unspecified atom stereocenters. The standard InChI is InChI=1S/C16H11Cl2FN8O/c1-28-13-7(18)2-6(17)8(10(13)19)12-9-11(22)5(3-20)14(23)26-15(9)27-16(25-12)24-4-21/h2,12H,1H3,(H6,22,23,24,25,26,27). The number of ether oxygens (including phenoxy) is 1. The van der Waals surface area contributed by atoms with E-state index in [9.17, 15) is 5.26 Å². The number of nitrogen functional groups attached to an aromatic ring is 2. The van der Waals surface area contributed by atoms with Crippen molar-refractivity contribution in [1.29, 1.82) is 10.5 Å². The third kappa shape index (κ3) is 2.95. The van der Waals surface area contributed by atoms with Crippen LogP contribution in [0.2, 0.25) is 10.0 Å². The summed E-state index contributed by atoms with van der Waals surface area (Å²) in [5.41, 5.74) is 11.8. The highest BCUT2D eigenvalue weighted by Crippen LogP contribution is 2.46. The molecule has 0 saturated heterocycles. The first-order valence-corrected chi connectivity index (χ1v) is 8.29. The van der Waals surface area contributed by atoms with Gasteiger partial charge in [-0.05, 0) is 6.07 Å². The number of hydrogen-bond donors (Lipinski definition) is 4. The molecular weight excluding hydrogens is 410 g/mol. The van der Waals surface area contributed by atoms with Crippen LogP contribution in [0.4, 0.5) is 21.7 Å². The number of aliphatic imine (C=N–C) groups is 1. The third-order valence-corrected chi connectivity index (χ3v) is 4.59. The van der Waals surface area contributed by atoms with Gasteiger partial charge in [0, 0.05) is 11.1 Å². The second kappa shape index (κ2) is 7.27. The number of hydrogen-bond acceptors (Lipinski definition) is 9. The Morgan fingerprint density at radius 2 is 2.00 bits per heavy atom. The van der Waals surface area contributed by atoms with Crippen LogP contribution in [0.15, 0.2) is 11.1 Å². The average Bonchev–Trinajstić information content (AvgIpc) is 2.61. The molecule has 1 atom stereocenters. The quantitative estimate of drug-likeness (QED) is 0.425. The Morgan fingerprint density at radius 3 is 2.61 bits per heavy atom. The van der Waals surface area contributed by atoms with Crippen LogP contribution in [0, 0.1) is 28.6 Å². The number of methoxy groups -OCH3 is 1. The fourth-order valence-corrected chi connectivity index (χ4v) is 3.43. The van der Waals surface area contributed by atoms with Crippen molar-refractivity contribution in [3.63, 3.8) is 0 Å². The van der Waals surface area contributed by atoms with E-state index < -0.39 is 11.9 Å². The first-order valence-electron chi connectivity index (χ1n) is 7.54. The molecule has 1 aromatic heterocycles. The lowest BCUT2D eigenvalue weighted by molar-refractivity contribution is 0.383. The van der Waals surface area contributed by atoms with E-state index >= 15 is 4.39 Å². The van der Waals surface area contributed by atoms with Gasteiger partial charge in [-0.1, -0.05) is 23.2 Å². The molecule has 6 N–H and O–H groups in total. The number of aromatic nitrogens is 1. The first kappa shape index (κ1) is 19.3. The van der Waals surface area contributed by atoms with Crippen LogP contribution in [0.1, 0.15) is 22.7 Å². The Bertz CT molecular complexity index is 1110. The second-order valence-electron chi connectivity index (χ2n) is 5.50. The number of anilines is 3. The van der Waals surface area contributed by atoms with E-state index in [0.717, 1.165) is 0 Å². The number of pyridine rings is 1. The van der Waals surface area contributed by atoms with Crippen molar-refractivity contribution in [1.82, 2.24) is 10.3 Å². The molecule has 0 aliphatic carbocycles. The van der Waals surface area contributed by atoms with Crippen LogP contribution in [-0.4, -0.2) is 18.1 Å². The molecular formula is C16H11Cl2FN8O. The number of nitrogens with two attached hydrogens (primary N) is 2. The zero-order chi connectivity index (χ0) is 20.6. The number of benzene rings is 1. The fraction of sp³-hybridized carbons (Fsp3) is 0.125. The first-order chi connectivity index (χ1) is 13.3. The van der Waals surface area contributed by atoms with E-state index in [1.165, 1.54) is 13.2 Å². The van der Waals surface area contributed by atoms with Gasteiger partial charge in [-0.25, -0.2) is 14.4 Å². The van der Waals surface area contributed by atoms with Gasteiger partial charge in [-0.3, -0.25) is 5.32 Å². The maximum Gasteiger partial charge on any atom is 0.211 e. The number of nitrogens with zero attached hydrogens (tertiary/aromatic N) is 4. The van der Waals surface area contributed by atoms with Gasteiger partial charge in [0.05, 0.1) is 22.8 Å². The smallest absolute Gasteiger partial charge is 0.211 e. The Labute approximate surface area is 168 Å². The van der Waals surface area contributed by atoms with E-state index in [-0.39, 0.29) is 55.8 Å². The topological polar surface area (TPSA) is 158 Å². The maximum atomic E-state index is 15.2. The normalized spacial score (nSPS) is 14.8. The van der Waals surface area contributed by atoms with Crippen molar-refractivity contribution in [2.75, 3.05) is 23.9 Å². The van der Waals surface area contributed by atoms with Crippen molar-refractivity contribution in [2.45, 2.75) is 6.04 Å². The molecule has 28 heavy (non-hydrogen) atoms. The molecule has 3 rings (SSSR count). The minimum atomic E-state index is -1.16. The fourth-order valence-electron chi connectivity index (χ4n) is 2.81. The number of guanidine groups is 1. The van der Waals surface area contributed by atoms with E-state index in [0.29, 0.717) is 0 Å². The Kier molecular flexibility index (Phi) is 5.01. The van der Waals surface area contributed by atoms with Crippen molar-refractivity contribution in [3.05, 3.63) is 38.6 Å². The lowest BCUT2D eigenvalue weighted by Gasteiger charge is -2.27. The molecule has 2 heterocycles. The van der Waals surface area contributed by atoms with E-state index in [1.54, 1.807) is 6.19 Å². The highest BCUT2D eigenvalue weighted by molar-refractivity contribution is 6.36. The van der Waals surface area contributed by atoms with Gasteiger partial charge >= 0.3 is 0 Å². The van der Waals surface area contributed by atoms with Gasteiger partial charge in [-0.2, -0.15) is 10.5 Å². The molecule has 2 aromatic rings. The highest BCUT2D eigenvalue weighted by atomic mass is 35.5. The second-order valence-corrected chi connectivity index (χ2v) is 6.32. The molecule has 0 fully saturated rings. The molecule has 1 aliphatic rings. The molecule has 0 amide bonds. The van der Waals surface area contributed by atoms with Gasteiger partial charge in [0.15, 0.2) is 17.8 Å². The van der Waals surface area contributed by atoms with Crippen molar-refractivity contribution in [3.8, 4) is 18.0 Å². The lowest BCUT2D eigenvalue weighted by Crippen LogP contribution is -2.33. The summed E-state index contributed by atoms with van der Waals surface area (Å²) >= 11 is 12.2. The number of rotatable bonds is 2. The summed E-state index contributed by atoms with van der Waals surface area (Å²) in [6, 6.07) is 1.99. The summed E-state index contributed by atoms with van der Waals surface area (Å²) in [6.07, 6.45) is 1.69. The lowest BCUT2D eigenvalue weighted by atomic mass is 9.94. The highest BCUT2D eigenvalue weighted by Gasteiger charge is 2.34. The van der Waals surface area contributed by atoms with Gasteiger partial charge in [0.1, 0.15) is 29.3 Å². The van der Waals surface area contributed by atoms with Gasteiger partial charge in [-0.15, -0.1) is 0 Å². The average molecular weight is 421 g/mol. The van der Waals surface area contributed by atoms with Crippen LogP contribution in [0.25, 0.3) is 0 Å². The largest absolute Gasteiger partial charge is 0.492 e. The number of nitrogens with one attached hydrogen (secondary N) is 2. The van der Waals surface area contributed by atoms with Crippen molar-refractivity contribution >= 4 is 46.5 Å².